The summed E-state index contributed by atoms with van der Waals surface area (Å²) in [6.07, 6.45) is -1.90. The maximum Gasteiger partial charge on any atom is 0.573 e. The van der Waals surface area contributed by atoms with Crippen molar-refractivity contribution < 1.29 is 26.7 Å². The van der Waals surface area contributed by atoms with Crippen LogP contribution in [0.1, 0.15) is 25.3 Å². The Labute approximate surface area is 176 Å². The number of fused-ring (bicyclic) bond motifs is 3. The van der Waals surface area contributed by atoms with Gasteiger partial charge >= 0.3 is 6.36 Å². The minimum Gasteiger partial charge on any atom is -0.399 e. The predicted octanol–water partition coefficient (Wildman–Crippen LogP) is 8.18. The lowest BCUT2D eigenvalue weighted by Crippen LogP contribution is -2.19. The van der Waals surface area contributed by atoms with Crippen LogP contribution in [-0.4, -0.2) is 6.36 Å². The first-order valence-corrected chi connectivity index (χ1v) is 9.96. The van der Waals surface area contributed by atoms with Crippen molar-refractivity contribution in [3.05, 3.63) is 77.9 Å². The van der Waals surface area contributed by atoms with Gasteiger partial charge in [-0.15, -0.1) is 13.2 Å². The number of rotatable bonds is 5. The first-order valence-electron chi connectivity index (χ1n) is 9.96. The number of unbranched alkanes of at least 4 members (excludes halogenated alkanes) is 1. The van der Waals surface area contributed by atoms with Gasteiger partial charge in [0, 0.05) is 0 Å². The van der Waals surface area contributed by atoms with Gasteiger partial charge in [-0.1, -0.05) is 55.8 Å². The molecule has 0 saturated carbocycles. The van der Waals surface area contributed by atoms with Crippen LogP contribution in [0.5, 0.6) is 5.75 Å². The Morgan fingerprint density at radius 2 is 1.35 bits per heavy atom. The Bertz CT molecular complexity index is 1240. The van der Waals surface area contributed by atoms with Crippen molar-refractivity contribution in [3.8, 4) is 16.9 Å². The average Bonchev–Trinajstić information content (AvgIpc) is 2.73. The molecule has 0 aliphatic rings. The zero-order valence-corrected chi connectivity index (χ0v) is 16.7. The summed E-state index contributed by atoms with van der Waals surface area (Å²) in [5.41, 5.74) is 1.89. The number of aryl methyl sites for hydroxylation is 1. The highest BCUT2D eigenvalue weighted by atomic mass is 19.4. The van der Waals surface area contributed by atoms with E-state index >= 15 is 0 Å². The summed E-state index contributed by atoms with van der Waals surface area (Å²) in [6, 6.07) is 17.3. The molecule has 0 aromatic heterocycles. The van der Waals surface area contributed by atoms with Gasteiger partial charge < -0.3 is 4.74 Å². The SMILES string of the molecule is CCCCc1ccc2c(ccc3cc(-c4cc(F)c(OC(F)(F)F)c(F)c4)ccc32)c1. The van der Waals surface area contributed by atoms with Crippen LogP contribution in [0.25, 0.3) is 32.7 Å². The molecule has 4 rings (SSSR count). The largest absolute Gasteiger partial charge is 0.573 e. The second-order valence-electron chi connectivity index (χ2n) is 7.48. The van der Waals surface area contributed by atoms with Crippen LogP contribution in [0.2, 0.25) is 0 Å². The fourth-order valence-corrected chi connectivity index (χ4v) is 3.78. The lowest BCUT2D eigenvalue weighted by molar-refractivity contribution is -0.276. The molecule has 4 aromatic rings. The maximum atomic E-state index is 14.1. The third-order valence-corrected chi connectivity index (χ3v) is 5.27. The second kappa shape index (κ2) is 8.17. The number of alkyl halides is 3. The van der Waals surface area contributed by atoms with Crippen molar-refractivity contribution in [1.29, 1.82) is 0 Å². The molecule has 1 nitrogen and oxygen atoms in total. The molecule has 31 heavy (non-hydrogen) atoms. The smallest absolute Gasteiger partial charge is 0.399 e. The Morgan fingerprint density at radius 3 is 1.97 bits per heavy atom. The van der Waals surface area contributed by atoms with Gasteiger partial charge in [-0.3, -0.25) is 0 Å². The highest BCUT2D eigenvalue weighted by Gasteiger charge is 2.34. The van der Waals surface area contributed by atoms with Gasteiger partial charge in [0.05, 0.1) is 0 Å². The van der Waals surface area contributed by atoms with E-state index in [0.29, 0.717) is 5.56 Å². The van der Waals surface area contributed by atoms with E-state index in [0.717, 1.165) is 52.9 Å². The number of halogens is 5. The molecule has 4 aromatic carbocycles. The normalized spacial score (nSPS) is 11.9. The molecule has 0 heterocycles. The van der Waals surface area contributed by atoms with E-state index in [4.69, 9.17) is 0 Å². The van der Waals surface area contributed by atoms with E-state index in [-0.39, 0.29) is 5.56 Å². The number of hydrogen-bond donors (Lipinski definition) is 0. The summed E-state index contributed by atoms with van der Waals surface area (Å²) < 4.78 is 68.7. The molecule has 0 spiro atoms. The Kier molecular flexibility index (Phi) is 5.56. The number of hydrogen-bond acceptors (Lipinski definition) is 1. The third-order valence-electron chi connectivity index (χ3n) is 5.27. The fourth-order valence-electron chi connectivity index (χ4n) is 3.78. The molecular weight excluding hydrogens is 411 g/mol. The quantitative estimate of drug-likeness (QED) is 0.229. The summed E-state index contributed by atoms with van der Waals surface area (Å²) in [7, 11) is 0. The van der Waals surface area contributed by atoms with E-state index in [9.17, 15) is 22.0 Å². The third kappa shape index (κ3) is 4.48. The lowest BCUT2D eigenvalue weighted by Gasteiger charge is -2.13. The monoisotopic (exact) mass is 430 g/mol. The molecule has 0 fully saturated rings. The van der Waals surface area contributed by atoms with Crippen LogP contribution in [0.4, 0.5) is 22.0 Å². The van der Waals surface area contributed by atoms with Crippen LogP contribution in [0, 0.1) is 11.6 Å². The first kappa shape index (κ1) is 21.1. The van der Waals surface area contributed by atoms with Crippen LogP contribution >= 0.6 is 0 Å². The lowest BCUT2D eigenvalue weighted by atomic mass is 9.95. The molecule has 0 aliphatic heterocycles. The first-order chi connectivity index (χ1) is 14.7. The van der Waals surface area contributed by atoms with Gasteiger partial charge in [0.2, 0.25) is 5.75 Å². The van der Waals surface area contributed by atoms with Gasteiger partial charge in [-0.05, 0) is 69.3 Å². The minimum atomic E-state index is -5.18. The Morgan fingerprint density at radius 1 is 0.742 bits per heavy atom. The standard InChI is InChI=1S/C25H19F5O/c1-2-3-4-15-5-9-20-17(11-15)6-7-18-12-16(8-10-21(18)20)19-13-22(26)24(23(27)14-19)31-25(28,29)30/h5-14H,2-4H2,1H3. The predicted molar refractivity (Wildman–Crippen MR) is 112 cm³/mol. The molecule has 0 N–H and O–H groups in total. The zero-order chi connectivity index (χ0) is 22.2. The molecule has 0 aliphatic carbocycles. The fraction of sp³-hybridized carbons (Fsp3) is 0.200. The highest BCUT2D eigenvalue weighted by molar-refractivity contribution is 6.08. The Balaban J connectivity index is 1.73. The number of benzene rings is 4. The molecule has 0 bridgehead atoms. The van der Waals surface area contributed by atoms with E-state index in [2.05, 4.69) is 29.9 Å². The van der Waals surface area contributed by atoms with E-state index in [1.807, 2.05) is 18.2 Å². The van der Waals surface area contributed by atoms with Gasteiger partial charge in [0.15, 0.2) is 11.6 Å². The van der Waals surface area contributed by atoms with Crippen molar-refractivity contribution in [2.75, 3.05) is 0 Å². The second-order valence-corrected chi connectivity index (χ2v) is 7.48. The van der Waals surface area contributed by atoms with Crippen molar-refractivity contribution in [1.82, 2.24) is 0 Å². The van der Waals surface area contributed by atoms with E-state index in [1.54, 1.807) is 12.1 Å². The molecule has 160 valence electrons. The average molecular weight is 430 g/mol. The van der Waals surface area contributed by atoms with Crippen molar-refractivity contribution in [3.63, 3.8) is 0 Å². The topological polar surface area (TPSA) is 9.23 Å². The van der Waals surface area contributed by atoms with E-state index in [1.165, 1.54) is 5.56 Å². The van der Waals surface area contributed by atoms with Crippen molar-refractivity contribution in [2.24, 2.45) is 0 Å². The van der Waals surface area contributed by atoms with Crippen molar-refractivity contribution in [2.45, 2.75) is 32.5 Å². The van der Waals surface area contributed by atoms with Crippen LogP contribution < -0.4 is 4.74 Å². The molecule has 0 amide bonds. The van der Waals surface area contributed by atoms with Gasteiger partial charge in [-0.2, -0.15) is 0 Å². The summed E-state index contributed by atoms with van der Waals surface area (Å²) in [5.74, 6) is -4.28. The highest BCUT2D eigenvalue weighted by Crippen LogP contribution is 2.35. The van der Waals surface area contributed by atoms with Crippen LogP contribution in [-0.2, 0) is 6.42 Å². The minimum absolute atomic E-state index is 0.126. The molecule has 0 unspecified atom stereocenters. The van der Waals surface area contributed by atoms with Crippen molar-refractivity contribution >= 4 is 21.5 Å². The molecule has 6 heteroatoms. The molecular formula is C25H19F5O. The van der Waals surface area contributed by atoms with E-state index < -0.39 is 23.7 Å². The summed E-state index contributed by atoms with van der Waals surface area (Å²) in [5, 5.41) is 4.03. The summed E-state index contributed by atoms with van der Waals surface area (Å²) in [6.45, 7) is 2.15. The molecule has 0 saturated heterocycles. The maximum absolute atomic E-state index is 14.1. The summed E-state index contributed by atoms with van der Waals surface area (Å²) >= 11 is 0. The van der Waals surface area contributed by atoms with Gasteiger partial charge in [0.1, 0.15) is 0 Å². The van der Waals surface area contributed by atoms with Crippen LogP contribution in [0.3, 0.4) is 0 Å². The number of ether oxygens (including phenoxy) is 1. The molecule has 0 radical (unpaired) electrons. The van der Waals surface area contributed by atoms with Gasteiger partial charge in [0.25, 0.3) is 0 Å². The Hall–Kier alpha value is -3.15. The van der Waals surface area contributed by atoms with Gasteiger partial charge in [-0.25, -0.2) is 8.78 Å². The molecule has 0 atom stereocenters. The summed E-state index contributed by atoms with van der Waals surface area (Å²) in [4.78, 5) is 0. The van der Waals surface area contributed by atoms with Crippen LogP contribution in [0.15, 0.2) is 60.7 Å². The zero-order valence-electron chi connectivity index (χ0n) is 16.7.